The van der Waals surface area contributed by atoms with Crippen molar-refractivity contribution < 1.29 is 4.79 Å². The molecule has 0 N–H and O–H groups in total. The summed E-state index contributed by atoms with van der Waals surface area (Å²) in [5, 5.41) is 3.21. The van der Waals surface area contributed by atoms with Crippen LogP contribution < -0.4 is 0 Å². The molecule has 0 unspecified atom stereocenters. The molecule has 2 nitrogen and oxygen atoms in total. The average molecular weight is 259 g/mol. The van der Waals surface area contributed by atoms with Gasteiger partial charge in [-0.2, -0.15) is 0 Å². The summed E-state index contributed by atoms with van der Waals surface area (Å²) >= 11 is 1.68. The maximum absolute atomic E-state index is 10.9. The van der Waals surface area contributed by atoms with Gasteiger partial charge in [0.2, 0.25) is 0 Å². The highest BCUT2D eigenvalue weighted by molar-refractivity contribution is 7.09. The predicted octanol–water partition coefficient (Wildman–Crippen LogP) is 4.03. The smallest absolute Gasteiger partial charge is 0.129 e. The van der Waals surface area contributed by atoms with Crippen LogP contribution in [0.3, 0.4) is 0 Å². The lowest BCUT2D eigenvalue weighted by molar-refractivity contribution is -0.117. The van der Waals surface area contributed by atoms with Gasteiger partial charge in [-0.05, 0) is 26.7 Å². The first-order chi connectivity index (χ1) is 8.65. The van der Waals surface area contributed by atoms with Crippen LogP contribution in [-0.2, 0) is 11.2 Å². The molecule has 0 amide bonds. The number of aromatic nitrogens is 1. The van der Waals surface area contributed by atoms with Crippen LogP contribution in [0.4, 0.5) is 0 Å². The number of aryl methyl sites for hydroxylation is 2. The summed E-state index contributed by atoms with van der Waals surface area (Å²) in [4.78, 5) is 15.5. The molecule has 0 bridgehead atoms. The lowest BCUT2D eigenvalue weighted by Gasteiger charge is -1.97. The van der Waals surface area contributed by atoms with E-state index in [4.69, 9.17) is 0 Å². The minimum absolute atomic E-state index is 0.255. The molecule has 1 aromatic carbocycles. The molecule has 94 valence electrons. The Morgan fingerprint density at radius 2 is 2.00 bits per heavy atom. The number of nitrogens with zero attached hydrogens (tertiary/aromatic N) is 1. The van der Waals surface area contributed by atoms with Crippen LogP contribution in [0, 0.1) is 6.92 Å². The van der Waals surface area contributed by atoms with Crippen molar-refractivity contribution in [2.45, 2.75) is 33.1 Å². The molecule has 3 heteroatoms. The van der Waals surface area contributed by atoms with Crippen molar-refractivity contribution in [2.24, 2.45) is 0 Å². The molecular formula is C15H17NOS. The highest BCUT2D eigenvalue weighted by atomic mass is 32.1. The molecule has 0 fully saturated rings. The number of hydrogen-bond acceptors (Lipinski definition) is 3. The molecule has 0 saturated carbocycles. The Balaban J connectivity index is 2.01. The summed E-state index contributed by atoms with van der Waals surface area (Å²) in [5.41, 5.74) is 3.46. The fraction of sp³-hybridized carbons (Fsp3) is 0.333. The van der Waals surface area contributed by atoms with E-state index in [0.717, 1.165) is 29.1 Å². The SMILES string of the molecule is CC(=O)CCCc1nc(-c2ccc(C)cc2)cs1. The summed E-state index contributed by atoms with van der Waals surface area (Å²) in [5.74, 6) is 0.255. The van der Waals surface area contributed by atoms with E-state index in [-0.39, 0.29) is 5.78 Å². The van der Waals surface area contributed by atoms with Crippen molar-refractivity contribution in [3.63, 3.8) is 0 Å². The summed E-state index contributed by atoms with van der Waals surface area (Å²) in [6.45, 7) is 3.72. The number of rotatable bonds is 5. The topological polar surface area (TPSA) is 30.0 Å². The lowest BCUT2D eigenvalue weighted by Crippen LogP contribution is -1.92. The molecule has 0 saturated heterocycles. The molecule has 18 heavy (non-hydrogen) atoms. The van der Waals surface area contributed by atoms with Crippen LogP contribution >= 0.6 is 11.3 Å². The summed E-state index contributed by atoms with van der Waals surface area (Å²) in [6, 6.07) is 8.40. The largest absolute Gasteiger partial charge is 0.300 e. The zero-order valence-corrected chi connectivity index (χ0v) is 11.6. The molecule has 0 atom stereocenters. The van der Waals surface area contributed by atoms with E-state index in [9.17, 15) is 4.79 Å². The summed E-state index contributed by atoms with van der Waals surface area (Å²) < 4.78 is 0. The third-order valence-corrected chi connectivity index (χ3v) is 3.73. The maximum Gasteiger partial charge on any atom is 0.129 e. The molecule has 0 aliphatic carbocycles. The average Bonchev–Trinajstić information content (AvgIpc) is 2.78. The Kier molecular flexibility index (Phi) is 4.26. The van der Waals surface area contributed by atoms with E-state index in [1.165, 1.54) is 5.56 Å². The maximum atomic E-state index is 10.9. The lowest BCUT2D eigenvalue weighted by atomic mass is 10.1. The van der Waals surface area contributed by atoms with Gasteiger partial charge in [0.1, 0.15) is 5.78 Å². The van der Waals surface area contributed by atoms with Crippen LogP contribution in [0.5, 0.6) is 0 Å². The number of carbonyl (C=O) groups is 1. The van der Waals surface area contributed by atoms with Crippen molar-refractivity contribution in [1.82, 2.24) is 4.98 Å². The monoisotopic (exact) mass is 259 g/mol. The quantitative estimate of drug-likeness (QED) is 0.811. The minimum atomic E-state index is 0.255. The Morgan fingerprint density at radius 1 is 1.28 bits per heavy atom. The van der Waals surface area contributed by atoms with Crippen molar-refractivity contribution in [3.05, 3.63) is 40.2 Å². The van der Waals surface area contributed by atoms with E-state index in [2.05, 4.69) is 41.6 Å². The first-order valence-electron chi connectivity index (χ1n) is 6.16. The Hall–Kier alpha value is -1.48. The van der Waals surface area contributed by atoms with Crippen molar-refractivity contribution in [1.29, 1.82) is 0 Å². The Labute approximate surface area is 112 Å². The molecular weight excluding hydrogens is 242 g/mol. The van der Waals surface area contributed by atoms with E-state index >= 15 is 0 Å². The number of Topliss-reactive ketones (excluding diaryl/α,β-unsaturated/α-hetero) is 1. The first-order valence-corrected chi connectivity index (χ1v) is 7.04. The third kappa shape index (κ3) is 3.50. The van der Waals surface area contributed by atoms with E-state index in [0.29, 0.717) is 6.42 Å². The molecule has 0 aliphatic heterocycles. The molecule has 0 spiro atoms. The second-order valence-electron chi connectivity index (χ2n) is 4.55. The number of benzene rings is 1. The highest BCUT2D eigenvalue weighted by Crippen LogP contribution is 2.23. The van der Waals surface area contributed by atoms with Gasteiger partial charge in [-0.15, -0.1) is 11.3 Å². The van der Waals surface area contributed by atoms with Crippen molar-refractivity contribution in [3.8, 4) is 11.3 Å². The van der Waals surface area contributed by atoms with Crippen molar-refractivity contribution in [2.75, 3.05) is 0 Å². The first kappa shape index (κ1) is 13.0. The van der Waals surface area contributed by atoms with E-state index in [1.807, 2.05) is 0 Å². The molecule has 1 aromatic heterocycles. The second kappa shape index (κ2) is 5.91. The van der Waals surface area contributed by atoms with Gasteiger partial charge in [0.15, 0.2) is 0 Å². The third-order valence-electron chi connectivity index (χ3n) is 2.82. The van der Waals surface area contributed by atoms with Gasteiger partial charge >= 0.3 is 0 Å². The zero-order chi connectivity index (χ0) is 13.0. The van der Waals surface area contributed by atoms with Crippen LogP contribution in [0.2, 0.25) is 0 Å². The molecule has 2 rings (SSSR count). The number of carbonyl (C=O) groups excluding carboxylic acids is 1. The molecule has 0 radical (unpaired) electrons. The van der Waals surface area contributed by atoms with Gasteiger partial charge in [-0.1, -0.05) is 29.8 Å². The summed E-state index contributed by atoms with van der Waals surface area (Å²) in [7, 11) is 0. The van der Waals surface area contributed by atoms with Gasteiger partial charge in [0.05, 0.1) is 10.7 Å². The standard InChI is InChI=1S/C15H17NOS/c1-11-6-8-13(9-7-11)14-10-18-15(16-14)5-3-4-12(2)17/h6-10H,3-5H2,1-2H3. The van der Waals surface area contributed by atoms with Crippen molar-refractivity contribution >= 4 is 17.1 Å². The number of hydrogen-bond donors (Lipinski definition) is 0. The highest BCUT2D eigenvalue weighted by Gasteiger charge is 2.04. The zero-order valence-electron chi connectivity index (χ0n) is 10.8. The Bertz CT molecular complexity index is 528. The molecule has 0 aliphatic rings. The van der Waals surface area contributed by atoms with Crippen LogP contribution in [0.25, 0.3) is 11.3 Å². The van der Waals surface area contributed by atoms with Gasteiger partial charge in [-0.3, -0.25) is 0 Å². The van der Waals surface area contributed by atoms with E-state index in [1.54, 1.807) is 18.3 Å². The van der Waals surface area contributed by atoms with E-state index < -0.39 is 0 Å². The normalized spacial score (nSPS) is 10.6. The molecule has 1 heterocycles. The summed E-state index contributed by atoms with van der Waals surface area (Å²) in [6.07, 6.45) is 2.45. The second-order valence-corrected chi connectivity index (χ2v) is 5.49. The fourth-order valence-corrected chi connectivity index (χ4v) is 2.62. The minimum Gasteiger partial charge on any atom is -0.300 e. The number of thiazole rings is 1. The molecule has 2 aromatic rings. The van der Waals surface area contributed by atoms with Crippen LogP contribution in [0.15, 0.2) is 29.6 Å². The predicted molar refractivity (Wildman–Crippen MR) is 75.9 cm³/mol. The van der Waals surface area contributed by atoms with Gasteiger partial charge in [0, 0.05) is 17.4 Å². The fourth-order valence-electron chi connectivity index (χ4n) is 1.77. The number of ketones is 1. The van der Waals surface area contributed by atoms with Crippen LogP contribution in [0.1, 0.15) is 30.3 Å². The van der Waals surface area contributed by atoms with Gasteiger partial charge in [-0.25, -0.2) is 4.98 Å². The van der Waals surface area contributed by atoms with Crippen LogP contribution in [-0.4, -0.2) is 10.8 Å². The Morgan fingerprint density at radius 3 is 2.67 bits per heavy atom. The van der Waals surface area contributed by atoms with Gasteiger partial charge < -0.3 is 4.79 Å². The van der Waals surface area contributed by atoms with Gasteiger partial charge in [0.25, 0.3) is 0 Å².